The number of nitrogens with zero attached hydrogens (tertiary/aromatic N) is 1. The predicted octanol–water partition coefficient (Wildman–Crippen LogP) is 6.65. The van der Waals surface area contributed by atoms with Crippen LogP contribution in [0.25, 0.3) is 0 Å². The summed E-state index contributed by atoms with van der Waals surface area (Å²) in [5.74, 6) is 4.97. The molecule has 2 aliphatic carbocycles. The number of halogens is 3. The summed E-state index contributed by atoms with van der Waals surface area (Å²) >= 11 is 0. The summed E-state index contributed by atoms with van der Waals surface area (Å²) in [6.07, 6.45) is 14.0. The molecule has 0 spiro atoms. The zero-order valence-electron chi connectivity index (χ0n) is 16.2. The molecule has 2 fully saturated rings. The van der Waals surface area contributed by atoms with E-state index in [1.54, 1.807) is 0 Å². The van der Waals surface area contributed by atoms with Crippen molar-refractivity contribution in [2.24, 2.45) is 23.7 Å². The monoisotopic (exact) mass is 377 g/mol. The van der Waals surface area contributed by atoms with Gasteiger partial charge in [0.05, 0.1) is 5.56 Å². The molecule has 0 N–H and O–H groups in total. The highest BCUT2D eigenvalue weighted by atomic mass is 19.2. The highest BCUT2D eigenvalue weighted by Crippen LogP contribution is 2.42. The Morgan fingerprint density at radius 2 is 1.56 bits per heavy atom. The van der Waals surface area contributed by atoms with Crippen molar-refractivity contribution in [2.45, 2.75) is 77.6 Å². The van der Waals surface area contributed by atoms with Gasteiger partial charge in [-0.05, 0) is 62.3 Å². The van der Waals surface area contributed by atoms with E-state index < -0.39 is 17.7 Å². The first kappa shape index (κ1) is 20.2. The van der Waals surface area contributed by atoms with Gasteiger partial charge in [-0.25, -0.2) is 4.39 Å². The fourth-order valence-electron chi connectivity index (χ4n) is 4.89. The normalized spacial score (nSPS) is 28.4. The molecule has 1 aromatic heterocycles. The highest BCUT2D eigenvalue weighted by molar-refractivity contribution is 5.33. The van der Waals surface area contributed by atoms with Gasteiger partial charge < -0.3 is 0 Å². The van der Waals surface area contributed by atoms with E-state index in [0.29, 0.717) is 0 Å². The van der Waals surface area contributed by atoms with Gasteiger partial charge in [0, 0.05) is 5.92 Å². The maximum atomic E-state index is 13.6. The molecular weight excluding hydrogens is 347 g/mol. The second-order valence-electron chi connectivity index (χ2n) is 8.40. The third kappa shape index (κ3) is 5.50. The third-order valence-electron chi connectivity index (χ3n) is 6.59. The molecule has 2 saturated carbocycles. The predicted molar refractivity (Wildman–Crippen MR) is 101 cm³/mol. The van der Waals surface area contributed by atoms with Crippen molar-refractivity contribution in [1.29, 1.82) is 0 Å². The fourth-order valence-corrected chi connectivity index (χ4v) is 4.89. The molecule has 0 saturated heterocycles. The van der Waals surface area contributed by atoms with Crippen molar-refractivity contribution in [3.8, 4) is 11.8 Å². The third-order valence-corrected chi connectivity index (χ3v) is 6.59. The van der Waals surface area contributed by atoms with Crippen LogP contribution in [0.15, 0.2) is 6.07 Å². The molecule has 0 amide bonds. The number of hydrogen-bond acceptors (Lipinski definition) is 1. The molecule has 1 aromatic rings. The minimum absolute atomic E-state index is 0.151. The Morgan fingerprint density at radius 3 is 2.19 bits per heavy atom. The second-order valence-corrected chi connectivity index (χ2v) is 8.40. The van der Waals surface area contributed by atoms with Crippen LogP contribution in [0.2, 0.25) is 0 Å². The first-order valence-electron chi connectivity index (χ1n) is 10.6. The van der Waals surface area contributed by atoms with Crippen LogP contribution < -0.4 is 0 Å². The lowest BCUT2D eigenvalue weighted by atomic mass is 9.69. The smallest absolute Gasteiger partial charge is 0.202 e. The molecule has 0 unspecified atom stereocenters. The van der Waals surface area contributed by atoms with Gasteiger partial charge in [0.1, 0.15) is 0 Å². The van der Waals surface area contributed by atoms with Crippen LogP contribution in [0, 0.1) is 53.2 Å². The quantitative estimate of drug-likeness (QED) is 0.423. The Morgan fingerprint density at radius 1 is 0.926 bits per heavy atom. The van der Waals surface area contributed by atoms with Crippen LogP contribution >= 0.6 is 0 Å². The van der Waals surface area contributed by atoms with Crippen LogP contribution in [-0.4, -0.2) is 4.98 Å². The van der Waals surface area contributed by atoms with Gasteiger partial charge in [-0.3, -0.25) is 0 Å². The molecular formula is C23H30F3N. The lowest BCUT2D eigenvalue weighted by Gasteiger charge is -2.37. The van der Waals surface area contributed by atoms with Crippen LogP contribution in [0.1, 0.15) is 83.1 Å². The average Bonchev–Trinajstić information content (AvgIpc) is 2.69. The standard InChI is InChI=1S/C23H30F3N/c1-2-3-4-16-5-10-18(11-6-16)19-12-7-17(8-13-19)9-14-20-15-21(24)23(26)27-22(20)25/h15-19H,2-8,10-13H2,1H3. The number of pyridine rings is 1. The maximum absolute atomic E-state index is 13.6. The molecule has 2 aliphatic rings. The Bertz CT molecular complexity index is 675. The molecule has 0 aromatic carbocycles. The molecule has 0 atom stereocenters. The van der Waals surface area contributed by atoms with E-state index in [1.807, 2.05) is 0 Å². The van der Waals surface area contributed by atoms with Gasteiger partial charge in [-0.1, -0.05) is 50.9 Å². The first-order valence-corrected chi connectivity index (χ1v) is 10.6. The Hall–Kier alpha value is -1.50. The van der Waals surface area contributed by atoms with Crippen molar-refractivity contribution in [3.05, 3.63) is 29.3 Å². The van der Waals surface area contributed by atoms with Crippen molar-refractivity contribution in [2.75, 3.05) is 0 Å². The maximum Gasteiger partial charge on any atom is 0.251 e. The van der Waals surface area contributed by atoms with Gasteiger partial charge in [0.25, 0.3) is 5.95 Å². The topological polar surface area (TPSA) is 12.9 Å². The summed E-state index contributed by atoms with van der Waals surface area (Å²) in [6.45, 7) is 2.27. The van der Waals surface area contributed by atoms with E-state index in [0.717, 1.165) is 36.7 Å². The number of rotatable bonds is 4. The van der Waals surface area contributed by atoms with Gasteiger partial charge in [-0.15, -0.1) is 0 Å². The Kier molecular flexibility index (Phi) is 7.21. The van der Waals surface area contributed by atoms with Gasteiger partial charge >= 0.3 is 0 Å². The van der Waals surface area contributed by atoms with E-state index in [9.17, 15) is 13.2 Å². The van der Waals surface area contributed by atoms with Crippen LogP contribution in [0.5, 0.6) is 0 Å². The highest BCUT2D eigenvalue weighted by Gasteiger charge is 2.30. The summed E-state index contributed by atoms with van der Waals surface area (Å²) in [4.78, 5) is 2.92. The van der Waals surface area contributed by atoms with E-state index >= 15 is 0 Å². The molecule has 3 rings (SSSR count). The van der Waals surface area contributed by atoms with E-state index in [2.05, 4.69) is 23.7 Å². The van der Waals surface area contributed by atoms with Gasteiger partial charge in [0.15, 0.2) is 5.82 Å². The van der Waals surface area contributed by atoms with Crippen molar-refractivity contribution >= 4 is 0 Å². The van der Waals surface area contributed by atoms with Crippen LogP contribution in [0.4, 0.5) is 13.2 Å². The van der Waals surface area contributed by atoms with Crippen molar-refractivity contribution in [1.82, 2.24) is 4.98 Å². The lowest BCUT2D eigenvalue weighted by molar-refractivity contribution is 0.153. The zero-order chi connectivity index (χ0) is 19.2. The lowest BCUT2D eigenvalue weighted by Crippen LogP contribution is -2.25. The van der Waals surface area contributed by atoms with E-state index in [1.165, 1.54) is 57.8 Å². The molecule has 0 radical (unpaired) electrons. The molecule has 27 heavy (non-hydrogen) atoms. The average molecular weight is 377 g/mol. The molecule has 1 heterocycles. The van der Waals surface area contributed by atoms with Gasteiger partial charge in [-0.2, -0.15) is 13.8 Å². The molecule has 4 heteroatoms. The Labute approximate surface area is 161 Å². The number of aromatic nitrogens is 1. The van der Waals surface area contributed by atoms with Crippen molar-refractivity contribution < 1.29 is 13.2 Å². The van der Waals surface area contributed by atoms with E-state index in [4.69, 9.17) is 0 Å². The fraction of sp³-hybridized carbons (Fsp3) is 0.696. The minimum atomic E-state index is -1.41. The Balaban J connectivity index is 1.47. The molecule has 0 aliphatic heterocycles. The largest absolute Gasteiger partial charge is 0.251 e. The second kappa shape index (κ2) is 9.62. The zero-order valence-corrected chi connectivity index (χ0v) is 16.2. The minimum Gasteiger partial charge on any atom is -0.202 e. The van der Waals surface area contributed by atoms with Crippen LogP contribution in [0.3, 0.4) is 0 Å². The first-order chi connectivity index (χ1) is 13.1. The molecule has 148 valence electrons. The summed E-state index contributed by atoms with van der Waals surface area (Å²) < 4.78 is 39.7. The van der Waals surface area contributed by atoms with E-state index in [-0.39, 0.29) is 11.5 Å². The SMILES string of the molecule is CCCCC1CCC(C2CCC(C#Cc3cc(F)c(F)nc3F)CC2)CC1. The van der Waals surface area contributed by atoms with Crippen LogP contribution in [-0.2, 0) is 0 Å². The summed E-state index contributed by atoms with van der Waals surface area (Å²) in [5.41, 5.74) is -0.151. The van der Waals surface area contributed by atoms with Gasteiger partial charge in [0.2, 0.25) is 5.95 Å². The summed E-state index contributed by atoms with van der Waals surface area (Å²) in [6, 6.07) is 0.799. The number of hydrogen-bond donors (Lipinski definition) is 0. The van der Waals surface area contributed by atoms with Crippen molar-refractivity contribution in [3.63, 3.8) is 0 Å². The summed E-state index contributed by atoms with van der Waals surface area (Å²) in [5, 5.41) is 0. The number of unbranched alkanes of at least 4 members (excludes halogenated alkanes) is 1. The molecule has 0 bridgehead atoms. The molecule has 1 nitrogen and oxygen atoms in total. The summed E-state index contributed by atoms with van der Waals surface area (Å²) in [7, 11) is 0.